The van der Waals surface area contributed by atoms with Gasteiger partial charge in [-0.15, -0.1) is 10.2 Å². The fraction of sp³-hybridized carbons (Fsp3) is 0.375. The maximum atomic E-state index is 12.9. The molecule has 0 aromatic carbocycles. The molecule has 138 valence electrons. The molecule has 0 atom stereocenters. The fourth-order valence-corrected chi connectivity index (χ4v) is 2.70. The lowest BCUT2D eigenvalue weighted by Crippen LogP contribution is -2.26. The molecule has 0 aliphatic rings. The van der Waals surface area contributed by atoms with Crippen molar-refractivity contribution in [2.24, 2.45) is 7.05 Å². The molecule has 3 heterocycles. The van der Waals surface area contributed by atoms with Crippen molar-refractivity contribution in [2.45, 2.75) is 33.0 Å². The number of carbonyl (C=O) groups is 1. The third kappa shape index (κ3) is 3.39. The van der Waals surface area contributed by atoms with E-state index < -0.39 is 11.7 Å². The van der Waals surface area contributed by atoms with E-state index in [9.17, 15) is 18.0 Å². The molecule has 0 saturated carbocycles. The molecule has 1 N–H and O–H groups in total. The van der Waals surface area contributed by atoms with Gasteiger partial charge in [0.15, 0.2) is 11.5 Å². The molecule has 26 heavy (non-hydrogen) atoms. The first-order chi connectivity index (χ1) is 12.2. The first-order valence-corrected chi connectivity index (χ1v) is 7.83. The minimum absolute atomic E-state index is 0.0281. The van der Waals surface area contributed by atoms with E-state index in [4.69, 9.17) is 0 Å². The van der Waals surface area contributed by atoms with Crippen molar-refractivity contribution >= 4 is 11.6 Å². The molecular weight excluding hydrogens is 349 g/mol. The maximum absolute atomic E-state index is 12.9. The van der Waals surface area contributed by atoms with Crippen LogP contribution in [-0.4, -0.2) is 30.3 Å². The Bertz CT molecular complexity index is 972. The second-order valence-electron chi connectivity index (χ2n) is 5.99. The van der Waals surface area contributed by atoms with E-state index in [0.717, 1.165) is 29.2 Å². The maximum Gasteiger partial charge on any atom is 0.417 e. The minimum atomic E-state index is -4.46. The number of nitrogens with one attached hydrogen (secondary N) is 1. The first-order valence-electron chi connectivity index (χ1n) is 7.83. The summed E-state index contributed by atoms with van der Waals surface area (Å²) in [6, 6.07) is 2.18. The molecule has 0 bridgehead atoms. The summed E-state index contributed by atoms with van der Waals surface area (Å²) < 4.78 is 41.5. The van der Waals surface area contributed by atoms with Crippen molar-refractivity contribution in [3.63, 3.8) is 0 Å². The quantitative estimate of drug-likeness (QED) is 0.766. The predicted octanol–water partition coefficient (Wildman–Crippen LogP) is 1.96. The number of carbonyl (C=O) groups excluding carboxylic acids is 1. The van der Waals surface area contributed by atoms with E-state index in [0.29, 0.717) is 0 Å². The van der Waals surface area contributed by atoms with Gasteiger partial charge in [-0.25, -0.2) is 0 Å². The number of halogens is 3. The number of alkyl halides is 3. The second kappa shape index (κ2) is 6.43. The molecule has 3 aromatic rings. The zero-order valence-corrected chi connectivity index (χ0v) is 14.4. The molecule has 0 spiro atoms. The van der Waals surface area contributed by atoms with Crippen LogP contribution in [0.4, 0.5) is 13.2 Å². The lowest BCUT2D eigenvalue weighted by molar-refractivity contribution is -0.137. The van der Waals surface area contributed by atoms with Gasteiger partial charge < -0.3 is 5.32 Å². The van der Waals surface area contributed by atoms with Crippen molar-refractivity contribution in [1.29, 1.82) is 0 Å². The molecule has 3 rings (SSSR count). The van der Waals surface area contributed by atoms with Crippen LogP contribution in [0.15, 0.2) is 18.3 Å². The number of hydrogen-bond acceptors (Lipinski definition) is 4. The van der Waals surface area contributed by atoms with Crippen LogP contribution in [0, 0.1) is 13.8 Å². The Morgan fingerprint density at radius 2 is 1.96 bits per heavy atom. The van der Waals surface area contributed by atoms with E-state index in [2.05, 4.69) is 20.6 Å². The lowest BCUT2D eigenvalue weighted by atomic mass is 10.1. The van der Waals surface area contributed by atoms with Crippen molar-refractivity contribution in [3.8, 4) is 0 Å². The summed E-state index contributed by atoms with van der Waals surface area (Å²) in [5.74, 6) is -0.0491. The molecule has 0 radical (unpaired) electrons. The van der Waals surface area contributed by atoms with Crippen LogP contribution >= 0.6 is 0 Å². The standard InChI is InChI=1S/C16H17F3N6O/c1-9-12(10(2)24(3)23-9)6-15(26)20-7-14-22-21-13-5-4-11(8-25(13)14)16(17,18)19/h4-5,8H,6-7H2,1-3H3,(H,20,26). The third-order valence-corrected chi connectivity index (χ3v) is 4.24. The minimum Gasteiger partial charge on any atom is -0.348 e. The Labute approximate surface area is 146 Å². The number of aromatic nitrogens is 5. The average Bonchev–Trinajstić information content (AvgIpc) is 3.07. The van der Waals surface area contributed by atoms with Crippen LogP contribution in [-0.2, 0) is 31.0 Å². The summed E-state index contributed by atoms with van der Waals surface area (Å²) >= 11 is 0. The molecule has 7 nitrogen and oxygen atoms in total. The van der Waals surface area contributed by atoms with Crippen LogP contribution in [0.1, 0.15) is 28.3 Å². The van der Waals surface area contributed by atoms with Gasteiger partial charge in [0.1, 0.15) is 0 Å². The zero-order valence-electron chi connectivity index (χ0n) is 14.4. The van der Waals surface area contributed by atoms with Crippen LogP contribution in [0.5, 0.6) is 0 Å². The summed E-state index contributed by atoms with van der Waals surface area (Å²) in [5.41, 5.74) is 1.96. The van der Waals surface area contributed by atoms with Gasteiger partial charge in [-0.05, 0) is 26.0 Å². The summed E-state index contributed by atoms with van der Waals surface area (Å²) in [7, 11) is 1.80. The highest BCUT2D eigenvalue weighted by Gasteiger charge is 2.31. The Morgan fingerprint density at radius 3 is 2.58 bits per heavy atom. The van der Waals surface area contributed by atoms with Gasteiger partial charge in [-0.1, -0.05) is 0 Å². The van der Waals surface area contributed by atoms with Crippen molar-refractivity contribution < 1.29 is 18.0 Å². The van der Waals surface area contributed by atoms with Crippen LogP contribution in [0.25, 0.3) is 5.65 Å². The average molecular weight is 366 g/mol. The molecule has 0 saturated heterocycles. The zero-order chi connectivity index (χ0) is 19.1. The molecule has 0 aliphatic heterocycles. The molecule has 0 aliphatic carbocycles. The molecule has 3 aromatic heterocycles. The molecule has 0 fully saturated rings. The second-order valence-corrected chi connectivity index (χ2v) is 5.99. The number of nitrogens with zero attached hydrogens (tertiary/aromatic N) is 5. The summed E-state index contributed by atoms with van der Waals surface area (Å²) in [6.45, 7) is 3.66. The molecule has 0 unspecified atom stereocenters. The highest BCUT2D eigenvalue weighted by atomic mass is 19.4. The lowest BCUT2D eigenvalue weighted by Gasteiger charge is -2.08. The van der Waals surface area contributed by atoms with Crippen molar-refractivity contribution in [1.82, 2.24) is 29.7 Å². The normalized spacial score (nSPS) is 11.9. The van der Waals surface area contributed by atoms with Crippen molar-refractivity contribution in [3.05, 3.63) is 46.7 Å². The van der Waals surface area contributed by atoms with Gasteiger partial charge in [0.2, 0.25) is 5.91 Å². The molecule has 1 amide bonds. The highest BCUT2D eigenvalue weighted by molar-refractivity contribution is 5.79. The number of rotatable bonds is 4. The summed E-state index contributed by atoms with van der Waals surface area (Å²) in [4.78, 5) is 12.2. The van der Waals surface area contributed by atoms with Gasteiger partial charge in [0.05, 0.1) is 24.2 Å². The number of pyridine rings is 1. The highest BCUT2D eigenvalue weighted by Crippen LogP contribution is 2.29. The van der Waals surface area contributed by atoms with E-state index in [1.165, 1.54) is 10.5 Å². The first kappa shape index (κ1) is 17.9. The van der Waals surface area contributed by atoms with Crippen LogP contribution in [0.3, 0.4) is 0 Å². The number of hydrogen-bond donors (Lipinski definition) is 1. The van der Waals surface area contributed by atoms with E-state index >= 15 is 0 Å². The van der Waals surface area contributed by atoms with Crippen LogP contribution in [0.2, 0.25) is 0 Å². The largest absolute Gasteiger partial charge is 0.417 e. The van der Waals surface area contributed by atoms with E-state index in [1.807, 2.05) is 13.8 Å². The van der Waals surface area contributed by atoms with Crippen molar-refractivity contribution in [2.75, 3.05) is 0 Å². The summed E-state index contributed by atoms with van der Waals surface area (Å²) in [5, 5.41) is 14.6. The van der Waals surface area contributed by atoms with E-state index in [-0.39, 0.29) is 30.3 Å². The predicted molar refractivity (Wildman–Crippen MR) is 86.2 cm³/mol. The number of fused-ring (bicyclic) bond motifs is 1. The molecular formula is C16H17F3N6O. The molecule has 10 heteroatoms. The Hall–Kier alpha value is -2.91. The topological polar surface area (TPSA) is 77.1 Å². The smallest absolute Gasteiger partial charge is 0.348 e. The van der Waals surface area contributed by atoms with Gasteiger partial charge in [0, 0.05) is 24.5 Å². The number of amides is 1. The Balaban J connectivity index is 1.74. The third-order valence-electron chi connectivity index (χ3n) is 4.24. The van der Waals surface area contributed by atoms with Gasteiger partial charge in [-0.2, -0.15) is 18.3 Å². The Kier molecular flexibility index (Phi) is 4.43. The van der Waals surface area contributed by atoms with Gasteiger partial charge >= 0.3 is 6.18 Å². The SMILES string of the molecule is Cc1nn(C)c(C)c1CC(=O)NCc1nnc2ccc(C(F)(F)F)cn12. The monoisotopic (exact) mass is 366 g/mol. The van der Waals surface area contributed by atoms with Crippen LogP contribution < -0.4 is 5.32 Å². The Morgan fingerprint density at radius 1 is 1.23 bits per heavy atom. The summed E-state index contributed by atoms with van der Waals surface area (Å²) in [6.07, 6.45) is -3.41. The van der Waals surface area contributed by atoms with Gasteiger partial charge in [-0.3, -0.25) is 13.9 Å². The van der Waals surface area contributed by atoms with Gasteiger partial charge in [0.25, 0.3) is 0 Å². The van der Waals surface area contributed by atoms with E-state index in [1.54, 1.807) is 11.7 Å². The number of aryl methyl sites for hydroxylation is 2. The fourth-order valence-electron chi connectivity index (χ4n) is 2.70.